The molecule has 14 nitrogen and oxygen atoms in total. The van der Waals surface area contributed by atoms with Gasteiger partial charge >= 0.3 is 12.8 Å². The molecular formula is C32H37FN5O9PS. The lowest BCUT2D eigenvalue weighted by atomic mass is 10.0. The third kappa shape index (κ3) is 6.92. The molecule has 17 heteroatoms. The van der Waals surface area contributed by atoms with Gasteiger partial charge in [-0.25, -0.2) is 23.2 Å². The number of carbonyl (C=O) groups excluding carboxylic acids is 1. The molecule has 262 valence electrons. The van der Waals surface area contributed by atoms with E-state index in [2.05, 4.69) is 14.8 Å². The number of aromatic nitrogens is 3. The number of nitrogen functional groups attached to an aromatic ring is 1. The topological polar surface area (TPSA) is 189 Å². The fourth-order valence-corrected chi connectivity index (χ4v) is 8.29. The van der Waals surface area contributed by atoms with Crippen LogP contribution in [0.1, 0.15) is 38.1 Å². The number of alkyl halides is 1. The summed E-state index contributed by atoms with van der Waals surface area (Å²) in [5.74, 6) is -0.334. The number of rotatable bonds is 15. The summed E-state index contributed by atoms with van der Waals surface area (Å²) in [7, 11) is 0. The number of esters is 1. The normalized spacial score (nSPS) is 26.5. The van der Waals surface area contributed by atoms with Crippen molar-refractivity contribution in [1.82, 2.24) is 19.3 Å². The number of nitrogens with zero attached hydrogens (tertiary/aromatic N) is 3. The highest BCUT2D eigenvalue weighted by Gasteiger charge is 2.89. The molecule has 0 amide bonds. The highest BCUT2D eigenvalue weighted by atomic mass is 32.7. The molecule has 0 radical (unpaired) electrons. The number of carbonyl (C=O) groups is 1. The Morgan fingerprint density at radius 1 is 1.18 bits per heavy atom. The molecule has 2 aromatic heterocycles. The van der Waals surface area contributed by atoms with Gasteiger partial charge in [0.2, 0.25) is 0 Å². The van der Waals surface area contributed by atoms with Crippen LogP contribution in [0.3, 0.4) is 0 Å². The number of aliphatic hydroxyl groups excluding tert-OH is 1. The van der Waals surface area contributed by atoms with E-state index in [9.17, 15) is 19.6 Å². The van der Waals surface area contributed by atoms with Crippen molar-refractivity contribution in [3.8, 4) is 5.75 Å². The number of anilines is 1. The number of fused-ring (bicyclic) bond motifs is 2. The monoisotopic (exact) mass is 717 g/mol. The Bertz CT molecular complexity index is 1840. The molecule has 2 fully saturated rings. The van der Waals surface area contributed by atoms with Gasteiger partial charge in [0.25, 0.3) is 0 Å². The fourth-order valence-electron chi connectivity index (χ4n) is 5.49. The predicted molar refractivity (Wildman–Crippen MR) is 177 cm³/mol. The third-order valence-electron chi connectivity index (χ3n) is 8.39. The van der Waals surface area contributed by atoms with E-state index >= 15 is 4.39 Å². The summed E-state index contributed by atoms with van der Waals surface area (Å²) in [6, 6.07) is 19.8. The van der Waals surface area contributed by atoms with Gasteiger partial charge in [-0.05, 0) is 50.6 Å². The van der Waals surface area contributed by atoms with Crippen molar-refractivity contribution in [2.24, 2.45) is 0 Å². The van der Waals surface area contributed by atoms with Crippen molar-refractivity contribution in [3.05, 3.63) is 90.4 Å². The van der Waals surface area contributed by atoms with Gasteiger partial charge in [0.1, 0.15) is 42.5 Å². The summed E-state index contributed by atoms with van der Waals surface area (Å²) in [6.07, 6.45) is -3.86. The molecule has 2 aliphatic rings. The van der Waals surface area contributed by atoms with E-state index in [1.807, 2.05) is 30.3 Å². The largest absolute Gasteiger partial charge is 0.461 e. The molecule has 1 aliphatic heterocycles. The van der Waals surface area contributed by atoms with Gasteiger partial charge in [0, 0.05) is 0 Å². The molecule has 1 aliphatic carbocycles. The number of benzene rings is 2. The number of nitrogens with one attached hydrogen (secondary N) is 1. The summed E-state index contributed by atoms with van der Waals surface area (Å²) in [5, 5.41) is 26.4. The molecule has 1 saturated carbocycles. The fraction of sp³-hybridized carbons (Fsp3) is 0.406. The second-order valence-electron chi connectivity index (χ2n) is 12.5. The molecular weight excluding hydrogens is 680 g/mol. The Labute approximate surface area is 285 Å². The van der Waals surface area contributed by atoms with E-state index in [4.69, 9.17) is 29.0 Å². The maximum atomic E-state index is 15.4. The lowest BCUT2D eigenvalue weighted by Gasteiger charge is -2.26. The van der Waals surface area contributed by atoms with Crippen molar-refractivity contribution < 1.29 is 47.2 Å². The minimum atomic E-state index is -4.31. The van der Waals surface area contributed by atoms with Crippen LogP contribution < -0.4 is 15.0 Å². The number of aliphatic hydroxyl groups is 2. The zero-order chi connectivity index (χ0) is 35.0. The second-order valence-corrected chi connectivity index (χ2v) is 16.1. The number of ether oxygens (including phenoxy) is 3. The van der Waals surface area contributed by atoms with Crippen LogP contribution in [0.4, 0.5) is 10.2 Å². The average molecular weight is 718 g/mol. The number of nitrogens with two attached hydrogens (primary N) is 1. The smallest absolute Gasteiger partial charge is 0.455 e. The first-order chi connectivity index (χ1) is 23.3. The van der Waals surface area contributed by atoms with Crippen LogP contribution in [0.2, 0.25) is 0 Å². The average Bonchev–Trinajstić information content (AvgIpc) is 3.35. The van der Waals surface area contributed by atoms with Gasteiger partial charge in [-0.15, -0.1) is 0 Å². The van der Waals surface area contributed by atoms with Crippen LogP contribution in [0.25, 0.3) is 5.52 Å². The maximum Gasteiger partial charge on any atom is 0.455 e. The van der Waals surface area contributed by atoms with Gasteiger partial charge in [-0.3, -0.25) is 9.32 Å². The Hall–Kier alpha value is -3.60. The van der Waals surface area contributed by atoms with E-state index in [0.29, 0.717) is 23.7 Å². The van der Waals surface area contributed by atoms with Crippen LogP contribution in [-0.4, -0.2) is 79.1 Å². The van der Waals surface area contributed by atoms with Crippen molar-refractivity contribution in [2.45, 2.75) is 68.6 Å². The lowest BCUT2D eigenvalue weighted by Crippen LogP contribution is -2.37. The van der Waals surface area contributed by atoms with Crippen LogP contribution in [0.15, 0.2) is 79.1 Å². The van der Waals surface area contributed by atoms with Gasteiger partial charge in [-0.2, -0.15) is 5.10 Å². The molecule has 5 N–H and O–H groups in total. The second kappa shape index (κ2) is 13.6. The quantitative estimate of drug-likeness (QED) is 0.0786. The van der Waals surface area contributed by atoms with Crippen molar-refractivity contribution in [2.75, 3.05) is 18.9 Å². The summed E-state index contributed by atoms with van der Waals surface area (Å²) >= 11 is 0.472. The lowest BCUT2D eigenvalue weighted by molar-refractivity contribution is -0.155. The number of hydrogen-bond donors (Lipinski definition) is 4. The van der Waals surface area contributed by atoms with Gasteiger partial charge < -0.3 is 34.7 Å². The molecule has 2 unspecified atom stereocenters. The standard InChI is InChI=1S/C32H37FN5O9PS/c1-20(28(40)43-17-30(2,3)44-16-21-10-6-4-7-11-21)37-49-48(42,47-22-12-8-5-9-13-22)45-18-31-29(33)32(31,41)26(39)25(46-31)23-14-15-24-27(34)35-19-36-38(23)24/h4-15,19-20,25-26,29,37,39,41H,16-18H2,1-3H3,(H2,34,35,36)/t20-,25-,26-,29?,31-,32+,48?/m0/s1. The number of hydrogen-bond acceptors (Lipinski definition) is 14. The SMILES string of the molecule is C[C@H](NSP(=O)(OC[C@@]12O[C@@H](c3ccc4c(N)ncnn34)[C@H](O)[C@@]1(O)C2F)Oc1ccccc1)C(=O)OCC(C)(C)OCc1ccccc1. The van der Waals surface area contributed by atoms with Crippen LogP contribution in [0, 0.1) is 0 Å². The molecule has 2 aromatic carbocycles. The van der Waals surface area contributed by atoms with Gasteiger partial charge in [-0.1, -0.05) is 48.5 Å². The van der Waals surface area contributed by atoms with Crippen LogP contribution >= 0.6 is 18.4 Å². The number of para-hydroxylation sites is 1. The maximum absolute atomic E-state index is 15.4. The van der Waals surface area contributed by atoms with E-state index in [1.165, 1.54) is 29.9 Å². The third-order valence-corrected chi connectivity index (χ3v) is 11.5. The predicted octanol–water partition coefficient (Wildman–Crippen LogP) is 3.93. The summed E-state index contributed by atoms with van der Waals surface area (Å²) in [4.78, 5) is 16.8. The van der Waals surface area contributed by atoms with Gasteiger partial charge in [0.05, 0.1) is 36.1 Å². The molecule has 49 heavy (non-hydrogen) atoms. The zero-order valence-electron chi connectivity index (χ0n) is 26.8. The minimum Gasteiger partial charge on any atom is -0.461 e. The van der Waals surface area contributed by atoms with E-state index in [1.54, 1.807) is 44.2 Å². The first kappa shape index (κ1) is 35.2. The molecule has 4 aromatic rings. The van der Waals surface area contributed by atoms with Crippen molar-refractivity contribution >= 4 is 35.7 Å². The first-order valence-electron chi connectivity index (χ1n) is 15.4. The summed E-state index contributed by atoms with van der Waals surface area (Å²) in [6.45, 7) is 0.261. The van der Waals surface area contributed by atoms with Crippen LogP contribution in [-0.2, 0) is 34.7 Å². The number of halogens is 1. The Morgan fingerprint density at radius 3 is 2.59 bits per heavy atom. The zero-order valence-corrected chi connectivity index (χ0v) is 28.6. The molecule has 0 spiro atoms. The van der Waals surface area contributed by atoms with E-state index < -0.39 is 60.6 Å². The van der Waals surface area contributed by atoms with Gasteiger partial charge in [0.15, 0.2) is 23.2 Å². The minimum absolute atomic E-state index is 0.0561. The van der Waals surface area contributed by atoms with Crippen molar-refractivity contribution in [3.63, 3.8) is 0 Å². The first-order valence-corrected chi connectivity index (χ1v) is 18.3. The Kier molecular flexibility index (Phi) is 9.78. The highest BCUT2D eigenvalue weighted by Crippen LogP contribution is 2.68. The van der Waals surface area contributed by atoms with Crippen molar-refractivity contribution in [1.29, 1.82) is 0 Å². The molecule has 7 atom stereocenters. The molecule has 1 saturated heterocycles. The molecule has 0 bridgehead atoms. The van der Waals surface area contributed by atoms with Crippen LogP contribution in [0.5, 0.6) is 5.75 Å². The Morgan fingerprint density at radius 2 is 1.88 bits per heavy atom. The highest BCUT2D eigenvalue weighted by molar-refractivity contribution is 8.54. The van der Waals surface area contributed by atoms with E-state index in [0.717, 1.165) is 5.56 Å². The molecule has 6 rings (SSSR count). The summed E-state index contributed by atoms with van der Waals surface area (Å²) < 4.78 is 62.3. The Balaban J connectivity index is 1.11. The van der Waals surface area contributed by atoms with E-state index in [-0.39, 0.29) is 23.9 Å². The molecule has 3 heterocycles. The summed E-state index contributed by atoms with van der Waals surface area (Å²) in [5.41, 5.74) is 2.31.